The van der Waals surface area contributed by atoms with E-state index < -0.39 is 0 Å². The van der Waals surface area contributed by atoms with Gasteiger partial charge in [0.25, 0.3) is 5.91 Å². The molecule has 1 aromatic heterocycles. The number of thiazole rings is 1. The second-order valence-corrected chi connectivity index (χ2v) is 7.47. The summed E-state index contributed by atoms with van der Waals surface area (Å²) >= 11 is 1.51. The highest BCUT2D eigenvalue weighted by molar-refractivity contribution is 7.22. The van der Waals surface area contributed by atoms with Gasteiger partial charge in [0.2, 0.25) is 0 Å². The number of ether oxygens (including phenoxy) is 1. The molecule has 7 heteroatoms. The summed E-state index contributed by atoms with van der Waals surface area (Å²) in [5.41, 5.74) is 2.62. The van der Waals surface area contributed by atoms with Crippen LogP contribution in [0.15, 0.2) is 42.5 Å². The Morgan fingerprint density at radius 1 is 1.15 bits per heavy atom. The molecule has 0 aliphatic carbocycles. The van der Waals surface area contributed by atoms with Gasteiger partial charge in [0.1, 0.15) is 5.75 Å². The quantitative estimate of drug-likeness (QED) is 0.615. The van der Waals surface area contributed by atoms with Gasteiger partial charge in [-0.05, 0) is 51.4 Å². The van der Waals surface area contributed by atoms with Crippen LogP contribution < -0.4 is 9.64 Å². The van der Waals surface area contributed by atoms with Gasteiger partial charge in [-0.25, -0.2) is 4.98 Å². The highest BCUT2D eigenvalue weighted by Crippen LogP contribution is 2.32. The Bertz CT molecular complexity index is 926. The van der Waals surface area contributed by atoms with E-state index in [0.717, 1.165) is 28.1 Å². The van der Waals surface area contributed by atoms with Crippen molar-refractivity contribution in [1.29, 1.82) is 0 Å². The molecule has 0 bridgehead atoms. The monoisotopic (exact) mass is 405 g/mol. The number of likely N-dealkylation sites (N-methyl/N-ethyl adjacent to an activating group) is 1. The molecule has 1 amide bonds. The molecule has 0 aliphatic rings. The van der Waals surface area contributed by atoms with Gasteiger partial charge in [-0.3, -0.25) is 9.69 Å². The molecular weight excluding hydrogens is 382 g/mol. The maximum atomic E-state index is 13.2. The van der Waals surface area contributed by atoms with Gasteiger partial charge in [-0.1, -0.05) is 29.0 Å². The van der Waals surface area contributed by atoms with Crippen LogP contribution in [0.1, 0.15) is 15.9 Å². The van der Waals surface area contributed by atoms with Crippen LogP contribution in [0.3, 0.4) is 0 Å². The van der Waals surface area contributed by atoms with Crippen LogP contribution >= 0.6 is 23.7 Å². The van der Waals surface area contributed by atoms with Crippen LogP contribution in [0, 0.1) is 6.92 Å². The minimum absolute atomic E-state index is 0. The maximum absolute atomic E-state index is 13.2. The molecule has 5 nitrogen and oxygen atoms in total. The second-order valence-electron chi connectivity index (χ2n) is 6.46. The fraction of sp³-hybridized carbons (Fsp3) is 0.300. The lowest BCUT2D eigenvalue weighted by molar-refractivity contribution is 0.0985. The van der Waals surface area contributed by atoms with Crippen LogP contribution in [-0.4, -0.2) is 50.1 Å². The van der Waals surface area contributed by atoms with Crippen molar-refractivity contribution in [3.63, 3.8) is 0 Å². The number of amides is 1. The molecule has 2 aromatic carbocycles. The zero-order valence-corrected chi connectivity index (χ0v) is 17.6. The summed E-state index contributed by atoms with van der Waals surface area (Å²) in [5, 5.41) is 0.710. The number of aromatic nitrogens is 1. The van der Waals surface area contributed by atoms with Gasteiger partial charge in [0.15, 0.2) is 5.13 Å². The Balaban J connectivity index is 0.00000261. The van der Waals surface area contributed by atoms with E-state index in [-0.39, 0.29) is 18.3 Å². The van der Waals surface area contributed by atoms with Gasteiger partial charge in [-0.15, -0.1) is 12.4 Å². The summed E-state index contributed by atoms with van der Waals surface area (Å²) in [6.45, 7) is 3.33. The molecule has 0 N–H and O–H groups in total. The SMILES string of the molecule is COc1ccc2nc(N(CCN(C)C)C(=O)c3cccc(C)c3)sc2c1.Cl. The first kappa shape index (κ1) is 21.2. The zero-order chi connectivity index (χ0) is 18.7. The van der Waals surface area contributed by atoms with Gasteiger partial charge in [0.05, 0.1) is 17.3 Å². The lowest BCUT2D eigenvalue weighted by Gasteiger charge is -2.22. The van der Waals surface area contributed by atoms with Gasteiger partial charge >= 0.3 is 0 Å². The average molecular weight is 406 g/mol. The predicted octanol–water partition coefficient (Wildman–Crippen LogP) is 4.24. The molecule has 0 unspecified atom stereocenters. The van der Waals surface area contributed by atoms with Gasteiger partial charge in [0, 0.05) is 18.7 Å². The van der Waals surface area contributed by atoms with Crippen molar-refractivity contribution in [2.24, 2.45) is 0 Å². The fourth-order valence-electron chi connectivity index (χ4n) is 2.65. The lowest BCUT2D eigenvalue weighted by Crippen LogP contribution is -2.36. The van der Waals surface area contributed by atoms with E-state index in [1.165, 1.54) is 11.3 Å². The number of nitrogens with zero attached hydrogens (tertiary/aromatic N) is 3. The Kier molecular flexibility index (Phi) is 7.18. The molecule has 1 heterocycles. The van der Waals surface area contributed by atoms with Crippen molar-refractivity contribution in [1.82, 2.24) is 9.88 Å². The smallest absolute Gasteiger partial charge is 0.260 e. The van der Waals surface area contributed by atoms with E-state index in [1.54, 1.807) is 12.0 Å². The second kappa shape index (κ2) is 9.17. The number of fused-ring (bicyclic) bond motifs is 1. The number of anilines is 1. The third-order valence-electron chi connectivity index (χ3n) is 4.10. The Hall–Kier alpha value is -2.15. The first-order valence-corrected chi connectivity index (χ1v) is 9.27. The van der Waals surface area contributed by atoms with Crippen molar-refractivity contribution in [2.45, 2.75) is 6.92 Å². The standard InChI is InChI=1S/C20H23N3O2S.ClH/c1-14-6-5-7-15(12-14)19(24)23(11-10-22(2)3)20-21-17-9-8-16(25-4)13-18(17)26-20;/h5-9,12-13H,10-11H2,1-4H3;1H. The van der Waals surface area contributed by atoms with Crippen LogP contribution in [-0.2, 0) is 0 Å². The first-order chi connectivity index (χ1) is 12.5. The van der Waals surface area contributed by atoms with E-state index in [4.69, 9.17) is 4.74 Å². The zero-order valence-electron chi connectivity index (χ0n) is 15.9. The number of carbonyl (C=O) groups is 1. The molecule has 3 aromatic rings. The number of methoxy groups -OCH3 is 1. The minimum atomic E-state index is -0.0263. The van der Waals surface area contributed by atoms with Crippen LogP contribution in [0.25, 0.3) is 10.2 Å². The Morgan fingerprint density at radius 2 is 1.93 bits per heavy atom. The van der Waals surface area contributed by atoms with Gasteiger partial charge < -0.3 is 9.64 Å². The van der Waals surface area contributed by atoms with Crippen LogP contribution in [0.4, 0.5) is 5.13 Å². The minimum Gasteiger partial charge on any atom is -0.497 e. The van der Waals surface area contributed by atoms with Crippen molar-refractivity contribution in [3.8, 4) is 5.75 Å². The number of hydrogen-bond donors (Lipinski definition) is 0. The van der Waals surface area contributed by atoms with Crippen molar-refractivity contribution >= 4 is 45.0 Å². The molecule has 0 atom stereocenters. The summed E-state index contributed by atoms with van der Waals surface area (Å²) < 4.78 is 6.30. The van der Waals surface area contributed by atoms with Gasteiger partial charge in [-0.2, -0.15) is 0 Å². The molecule has 27 heavy (non-hydrogen) atoms. The van der Waals surface area contributed by atoms with E-state index >= 15 is 0 Å². The third kappa shape index (κ3) is 4.97. The van der Waals surface area contributed by atoms with Crippen molar-refractivity contribution in [2.75, 3.05) is 39.2 Å². The first-order valence-electron chi connectivity index (χ1n) is 8.46. The van der Waals surface area contributed by atoms with Crippen LogP contribution in [0.2, 0.25) is 0 Å². The van der Waals surface area contributed by atoms with E-state index in [1.807, 2.05) is 63.5 Å². The number of rotatable bonds is 6. The molecule has 0 fully saturated rings. The number of aryl methyl sites for hydroxylation is 1. The lowest BCUT2D eigenvalue weighted by atomic mass is 10.1. The molecule has 0 aliphatic heterocycles. The summed E-state index contributed by atoms with van der Waals surface area (Å²) in [4.78, 5) is 21.7. The fourth-order valence-corrected chi connectivity index (χ4v) is 3.67. The summed E-state index contributed by atoms with van der Waals surface area (Å²) in [7, 11) is 5.64. The average Bonchev–Trinajstić information content (AvgIpc) is 3.04. The third-order valence-corrected chi connectivity index (χ3v) is 5.14. The number of hydrogen-bond acceptors (Lipinski definition) is 5. The molecular formula is C20H24ClN3O2S. The van der Waals surface area contributed by atoms with E-state index in [0.29, 0.717) is 17.2 Å². The molecule has 0 saturated carbocycles. The summed E-state index contributed by atoms with van der Waals surface area (Å²) in [6.07, 6.45) is 0. The van der Waals surface area contributed by atoms with E-state index in [9.17, 15) is 4.79 Å². The molecule has 144 valence electrons. The number of benzene rings is 2. The Morgan fingerprint density at radius 3 is 2.59 bits per heavy atom. The molecule has 0 spiro atoms. The summed E-state index contributed by atoms with van der Waals surface area (Å²) in [5.74, 6) is 0.763. The van der Waals surface area contributed by atoms with Crippen LogP contribution in [0.5, 0.6) is 5.75 Å². The van der Waals surface area contributed by atoms with Crippen molar-refractivity contribution < 1.29 is 9.53 Å². The van der Waals surface area contributed by atoms with E-state index in [2.05, 4.69) is 9.88 Å². The number of halogens is 1. The number of carbonyl (C=O) groups excluding carboxylic acids is 1. The highest BCUT2D eigenvalue weighted by Gasteiger charge is 2.21. The largest absolute Gasteiger partial charge is 0.497 e. The normalized spacial score (nSPS) is 10.7. The van der Waals surface area contributed by atoms with Crippen molar-refractivity contribution in [3.05, 3.63) is 53.6 Å². The predicted molar refractivity (Wildman–Crippen MR) is 115 cm³/mol. The molecule has 0 saturated heterocycles. The Labute approximate surface area is 170 Å². The molecule has 3 rings (SSSR count). The topological polar surface area (TPSA) is 45.7 Å². The highest BCUT2D eigenvalue weighted by atomic mass is 35.5. The molecule has 0 radical (unpaired) electrons. The maximum Gasteiger partial charge on any atom is 0.260 e. The summed E-state index contributed by atoms with van der Waals surface area (Å²) in [6, 6.07) is 13.4.